The molecule has 1 unspecified atom stereocenters. The van der Waals surface area contributed by atoms with Crippen molar-refractivity contribution in [2.24, 2.45) is 0 Å². The lowest BCUT2D eigenvalue weighted by Gasteiger charge is -2.12. The van der Waals surface area contributed by atoms with Crippen molar-refractivity contribution >= 4 is 5.97 Å². The van der Waals surface area contributed by atoms with Crippen molar-refractivity contribution in [1.29, 1.82) is 0 Å². The second kappa shape index (κ2) is 7.06. The summed E-state index contributed by atoms with van der Waals surface area (Å²) in [4.78, 5) is 15.2. The zero-order valence-corrected chi connectivity index (χ0v) is 10.4. The van der Waals surface area contributed by atoms with Crippen molar-refractivity contribution in [3.63, 3.8) is 0 Å². The largest absolute Gasteiger partial charge is 0.466 e. The predicted molar refractivity (Wildman–Crippen MR) is 63.3 cm³/mol. The van der Waals surface area contributed by atoms with Crippen LogP contribution in [0.2, 0.25) is 0 Å². The summed E-state index contributed by atoms with van der Waals surface area (Å²) in [5.41, 5.74) is 0.760. The number of nitrogens with zero attached hydrogens (tertiary/aromatic N) is 2. The lowest BCUT2D eigenvalue weighted by atomic mass is 10.1. The number of imidazole rings is 1. The monoisotopic (exact) mass is 240 g/mol. The van der Waals surface area contributed by atoms with E-state index in [1.807, 2.05) is 4.57 Å². The summed E-state index contributed by atoms with van der Waals surface area (Å²) < 4.78 is 6.73. The van der Waals surface area contributed by atoms with Crippen LogP contribution < -0.4 is 0 Å². The van der Waals surface area contributed by atoms with Crippen molar-refractivity contribution in [2.75, 3.05) is 6.61 Å². The van der Waals surface area contributed by atoms with Gasteiger partial charge in [0.15, 0.2) is 0 Å². The van der Waals surface area contributed by atoms with Crippen molar-refractivity contribution in [3.8, 4) is 0 Å². The maximum absolute atomic E-state index is 11.2. The van der Waals surface area contributed by atoms with Crippen LogP contribution in [0.25, 0.3) is 0 Å². The number of carbonyl (C=O) groups is 1. The van der Waals surface area contributed by atoms with Gasteiger partial charge in [0.2, 0.25) is 0 Å². The number of aryl methyl sites for hydroxylation is 1. The van der Waals surface area contributed by atoms with Gasteiger partial charge in [-0.15, -0.1) is 0 Å². The van der Waals surface area contributed by atoms with E-state index in [2.05, 4.69) is 11.9 Å². The molecule has 1 rings (SSSR count). The first-order chi connectivity index (χ1) is 8.19. The normalized spacial score (nSPS) is 12.4. The molecule has 0 amide bonds. The summed E-state index contributed by atoms with van der Waals surface area (Å²) in [7, 11) is 0. The minimum Gasteiger partial charge on any atom is -0.466 e. The van der Waals surface area contributed by atoms with Crippen LogP contribution in [0.1, 0.15) is 44.9 Å². The molecular formula is C12H20N2O3. The van der Waals surface area contributed by atoms with Crippen molar-refractivity contribution in [1.82, 2.24) is 9.55 Å². The predicted octanol–water partition coefficient (Wildman–Crippen LogP) is 1.67. The van der Waals surface area contributed by atoms with E-state index in [-0.39, 0.29) is 12.4 Å². The molecule has 0 fully saturated rings. The van der Waals surface area contributed by atoms with Gasteiger partial charge in [0.05, 0.1) is 30.9 Å². The Kier molecular flexibility index (Phi) is 5.69. The maximum atomic E-state index is 11.2. The fourth-order valence-corrected chi connectivity index (χ4v) is 1.67. The molecular weight excluding hydrogens is 220 g/mol. The highest BCUT2D eigenvalue weighted by Crippen LogP contribution is 2.18. The molecule has 1 heterocycles. The summed E-state index contributed by atoms with van der Waals surface area (Å²) in [6.45, 7) is 5.04. The molecule has 0 aliphatic heterocycles. The molecule has 0 saturated heterocycles. The highest BCUT2D eigenvalue weighted by Gasteiger charge is 2.14. The number of aromatic nitrogens is 2. The number of hydrogen-bond donors (Lipinski definition) is 1. The van der Waals surface area contributed by atoms with E-state index in [4.69, 9.17) is 4.74 Å². The number of rotatable bonds is 7. The molecule has 1 atom stereocenters. The first-order valence-corrected chi connectivity index (χ1v) is 6.02. The minimum atomic E-state index is -0.659. The van der Waals surface area contributed by atoms with Crippen LogP contribution >= 0.6 is 0 Å². The molecule has 5 nitrogen and oxygen atoms in total. The van der Waals surface area contributed by atoms with Gasteiger partial charge < -0.3 is 14.4 Å². The van der Waals surface area contributed by atoms with Gasteiger partial charge in [0.25, 0.3) is 0 Å². The van der Waals surface area contributed by atoms with Crippen molar-refractivity contribution in [3.05, 3.63) is 18.2 Å². The Hall–Kier alpha value is -1.36. The third kappa shape index (κ3) is 4.19. The number of hydrogen-bond acceptors (Lipinski definition) is 4. The molecule has 96 valence electrons. The number of aliphatic hydroxyl groups excluding tert-OH is 1. The number of aliphatic hydroxyl groups is 1. The molecule has 0 aliphatic rings. The lowest BCUT2D eigenvalue weighted by Crippen LogP contribution is -2.10. The highest BCUT2D eigenvalue weighted by molar-refractivity contribution is 5.69. The van der Waals surface area contributed by atoms with Gasteiger partial charge in [0, 0.05) is 13.0 Å². The van der Waals surface area contributed by atoms with Gasteiger partial charge in [-0.05, 0) is 19.8 Å². The van der Waals surface area contributed by atoms with Crippen LogP contribution in [-0.4, -0.2) is 27.2 Å². The van der Waals surface area contributed by atoms with Crippen LogP contribution in [0.5, 0.6) is 0 Å². The van der Waals surface area contributed by atoms with Crippen LogP contribution in [0.4, 0.5) is 0 Å². The van der Waals surface area contributed by atoms with E-state index in [1.165, 1.54) is 0 Å². The fraction of sp³-hybridized carbons (Fsp3) is 0.667. The number of esters is 1. The first kappa shape index (κ1) is 13.7. The van der Waals surface area contributed by atoms with Gasteiger partial charge in [-0.25, -0.2) is 4.98 Å². The number of ether oxygens (including phenoxy) is 1. The molecule has 1 N–H and O–H groups in total. The Morgan fingerprint density at radius 2 is 2.35 bits per heavy atom. The molecule has 1 aromatic heterocycles. The van der Waals surface area contributed by atoms with E-state index < -0.39 is 6.10 Å². The van der Waals surface area contributed by atoms with Gasteiger partial charge in [-0.3, -0.25) is 4.79 Å². The molecule has 5 heteroatoms. The summed E-state index contributed by atoms with van der Waals surface area (Å²) in [5, 5.41) is 9.97. The van der Waals surface area contributed by atoms with Gasteiger partial charge >= 0.3 is 5.97 Å². The van der Waals surface area contributed by atoms with Gasteiger partial charge in [-0.2, -0.15) is 0 Å². The quantitative estimate of drug-likeness (QED) is 0.736. The summed E-state index contributed by atoms with van der Waals surface area (Å²) in [6.07, 6.45) is 4.26. The van der Waals surface area contributed by atoms with Crippen molar-refractivity contribution in [2.45, 2.75) is 45.8 Å². The second-order valence-electron chi connectivity index (χ2n) is 3.87. The molecule has 0 spiro atoms. The standard InChI is InChI=1S/C12H20N2O3/c1-3-7-14-9-13-8-10(14)11(15)5-6-12(16)17-4-2/h8-9,11,15H,3-7H2,1-2H3. The average molecular weight is 240 g/mol. The Balaban J connectivity index is 2.48. The second-order valence-corrected chi connectivity index (χ2v) is 3.87. The molecule has 0 saturated carbocycles. The topological polar surface area (TPSA) is 64.3 Å². The maximum Gasteiger partial charge on any atom is 0.305 e. The Morgan fingerprint density at radius 1 is 1.59 bits per heavy atom. The van der Waals surface area contributed by atoms with Gasteiger partial charge in [0.1, 0.15) is 0 Å². The molecule has 17 heavy (non-hydrogen) atoms. The highest BCUT2D eigenvalue weighted by atomic mass is 16.5. The van der Waals surface area contributed by atoms with E-state index in [0.717, 1.165) is 18.7 Å². The van der Waals surface area contributed by atoms with Gasteiger partial charge in [-0.1, -0.05) is 6.92 Å². The SMILES string of the molecule is CCCn1cncc1C(O)CCC(=O)OCC. The average Bonchev–Trinajstić information content (AvgIpc) is 2.75. The Bertz CT molecular complexity index is 349. The minimum absolute atomic E-state index is 0.228. The van der Waals surface area contributed by atoms with E-state index in [0.29, 0.717) is 13.0 Å². The fourth-order valence-electron chi connectivity index (χ4n) is 1.67. The third-order valence-electron chi connectivity index (χ3n) is 2.48. The van der Waals surface area contributed by atoms with Crippen LogP contribution in [0, 0.1) is 0 Å². The van der Waals surface area contributed by atoms with E-state index >= 15 is 0 Å². The number of carbonyl (C=O) groups excluding carboxylic acids is 1. The Labute approximate surface area is 101 Å². The molecule has 1 aromatic rings. The lowest BCUT2D eigenvalue weighted by molar-refractivity contribution is -0.143. The molecule has 0 radical (unpaired) electrons. The summed E-state index contributed by atoms with van der Waals surface area (Å²) in [6, 6.07) is 0. The first-order valence-electron chi connectivity index (χ1n) is 6.02. The summed E-state index contributed by atoms with van der Waals surface area (Å²) >= 11 is 0. The van der Waals surface area contributed by atoms with E-state index in [9.17, 15) is 9.90 Å². The van der Waals surface area contributed by atoms with E-state index in [1.54, 1.807) is 19.4 Å². The molecule has 0 bridgehead atoms. The zero-order chi connectivity index (χ0) is 12.7. The van der Waals surface area contributed by atoms with Crippen molar-refractivity contribution < 1.29 is 14.6 Å². The smallest absolute Gasteiger partial charge is 0.305 e. The van der Waals surface area contributed by atoms with Crippen LogP contribution in [-0.2, 0) is 16.1 Å². The van der Waals surface area contributed by atoms with Crippen LogP contribution in [0.3, 0.4) is 0 Å². The Morgan fingerprint density at radius 3 is 3.00 bits per heavy atom. The molecule has 0 aliphatic carbocycles. The van der Waals surface area contributed by atoms with Crippen LogP contribution in [0.15, 0.2) is 12.5 Å². The third-order valence-corrected chi connectivity index (χ3v) is 2.48. The molecule has 0 aromatic carbocycles. The summed E-state index contributed by atoms with van der Waals surface area (Å²) in [5.74, 6) is -0.270. The zero-order valence-electron chi connectivity index (χ0n) is 10.4.